The molecule has 0 N–H and O–H groups in total. The second-order valence-electron chi connectivity index (χ2n) is 6.74. The van der Waals surface area contributed by atoms with Crippen molar-refractivity contribution < 1.29 is 14.3 Å². The summed E-state index contributed by atoms with van der Waals surface area (Å²) in [6, 6.07) is 7.55. The topological polar surface area (TPSA) is 42.0 Å². The second-order valence-corrected chi connectivity index (χ2v) is 6.74. The molecule has 1 amide bonds. The first-order chi connectivity index (χ1) is 11.1. The quantitative estimate of drug-likeness (QED) is 0.801. The molecule has 2 aliphatic heterocycles. The van der Waals surface area contributed by atoms with Crippen LogP contribution in [0.25, 0.3) is 0 Å². The first kappa shape index (κ1) is 16.3. The molecule has 5 nitrogen and oxygen atoms in total. The summed E-state index contributed by atoms with van der Waals surface area (Å²) in [5.74, 6) is 2.00. The summed E-state index contributed by atoms with van der Waals surface area (Å²) in [5.41, 5.74) is 0.673. The number of carbonyl (C=O) groups is 1. The first-order valence-corrected chi connectivity index (χ1v) is 8.38. The van der Waals surface area contributed by atoms with Crippen LogP contribution in [0.15, 0.2) is 24.3 Å². The maximum Gasteiger partial charge on any atom is 0.257 e. The van der Waals surface area contributed by atoms with E-state index >= 15 is 0 Å². The molecular formula is C18H26N2O3. The molecule has 1 atom stereocenters. The molecule has 0 spiro atoms. The molecule has 1 aromatic rings. The Labute approximate surface area is 138 Å². The monoisotopic (exact) mass is 318 g/mol. The number of hydrogen-bond acceptors (Lipinski definition) is 4. The highest BCUT2D eigenvalue weighted by molar-refractivity contribution is 5.97. The third kappa shape index (κ3) is 3.85. The van der Waals surface area contributed by atoms with Crippen LogP contribution in [0.1, 0.15) is 16.8 Å². The molecule has 1 unspecified atom stereocenters. The summed E-state index contributed by atoms with van der Waals surface area (Å²) in [4.78, 5) is 16.7. The Morgan fingerprint density at radius 1 is 1.30 bits per heavy atom. The minimum absolute atomic E-state index is 0.0839. The van der Waals surface area contributed by atoms with Gasteiger partial charge in [-0.1, -0.05) is 12.1 Å². The van der Waals surface area contributed by atoms with Gasteiger partial charge in [-0.15, -0.1) is 0 Å². The Bertz CT molecular complexity index is 535. The van der Waals surface area contributed by atoms with Gasteiger partial charge in [0.1, 0.15) is 12.4 Å². The average Bonchev–Trinajstić information content (AvgIpc) is 2.99. The van der Waals surface area contributed by atoms with Crippen LogP contribution in [0.5, 0.6) is 5.75 Å². The van der Waals surface area contributed by atoms with Crippen molar-refractivity contribution in [2.24, 2.45) is 11.8 Å². The third-order valence-corrected chi connectivity index (χ3v) is 4.74. The van der Waals surface area contributed by atoms with E-state index < -0.39 is 0 Å². The molecule has 3 rings (SSSR count). The van der Waals surface area contributed by atoms with Crippen LogP contribution >= 0.6 is 0 Å². The molecular weight excluding hydrogens is 292 g/mol. The SMILES string of the molecule is CN(C)CCOc1ccccc1C(=O)N1CC(C2CCOC2)C1. The number of ether oxygens (including phenoxy) is 2. The Hall–Kier alpha value is -1.59. The molecule has 2 aliphatic rings. The normalized spacial score (nSPS) is 21.5. The fourth-order valence-corrected chi connectivity index (χ4v) is 3.18. The number of amides is 1. The maximum atomic E-state index is 12.7. The maximum absolute atomic E-state index is 12.7. The molecule has 2 saturated heterocycles. The Morgan fingerprint density at radius 3 is 2.78 bits per heavy atom. The van der Waals surface area contributed by atoms with E-state index in [2.05, 4.69) is 4.90 Å². The second kappa shape index (κ2) is 7.32. The smallest absolute Gasteiger partial charge is 0.257 e. The van der Waals surface area contributed by atoms with Gasteiger partial charge in [0, 0.05) is 32.8 Å². The molecule has 0 radical (unpaired) electrons. The predicted octanol–water partition coefficient (Wildman–Crippen LogP) is 1.74. The van der Waals surface area contributed by atoms with Crippen LogP contribution in [-0.4, -0.2) is 69.3 Å². The van der Waals surface area contributed by atoms with E-state index in [9.17, 15) is 4.79 Å². The van der Waals surface area contributed by atoms with Crippen molar-refractivity contribution in [2.45, 2.75) is 6.42 Å². The lowest BCUT2D eigenvalue weighted by atomic mass is 9.85. The number of likely N-dealkylation sites (N-methyl/N-ethyl adjacent to an activating group) is 1. The number of para-hydroxylation sites is 1. The molecule has 0 aliphatic carbocycles. The van der Waals surface area contributed by atoms with Crippen LogP contribution in [-0.2, 0) is 4.74 Å². The lowest BCUT2D eigenvalue weighted by Gasteiger charge is -2.42. The van der Waals surface area contributed by atoms with Gasteiger partial charge < -0.3 is 19.3 Å². The largest absolute Gasteiger partial charge is 0.491 e. The molecule has 0 bridgehead atoms. The summed E-state index contributed by atoms with van der Waals surface area (Å²) in [7, 11) is 4.01. The highest BCUT2D eigenvalue weighted by Crippen LogP contribution is 2.32. The number of carbonyl (C=O) groups excluding carboxylic acids is 1. The Balaban J connectivity index is 1.57. The summed E-state index contributed by atoms with van der Waals surface area (Å²) >= 11 is 0. The Kier molecular flexibility index (Phi) is 5.18. The minimum atomic E-state index is 0.0839. The highest BCUT2D eigenvalue weighted by Gasteiger charge is 2.38. The summed E-state index contributed by atoms with van der Waals surface area (Å²) in [6.45, 7) is 4.84. The van der Waals surface area contributed by atoms with Gasteiger partial charge in [0.25, 0.3) is 5.91 Å². The van der Waals surface area contributed by atoms with Gasteiger partial charge >= 0.3 is 0 Å². The van der Waals surface area contributed by atoms with Crippen molar-refractivity contribution in [3.63, 3.8) is 0 Å². The molecule has 126 valence electrons. The fraction of sp³-hybridized carbons (Fsp3) is 0.611. The summed E-state index contributed by atoms with van der Waals surface area (Å²) in [5, 5.41) is 0. The summed E-state index contributed by atoms with van der Waals surface area (Å²) < 4.78 is 11.3. The molecule has 1 aromatic carbocycles. The average molecular weight is 318 g/mol. The van der Waals surface area contributed by atoms with Gasteiger partial charge in [-0.2, -0.15) is 0 Å². The van der Waals surface area contributed by atoms with E-state index in [1.165, 1.54) is 0 Å². The number of rotatable bonds is 6. The van der Waals surface area contributed by atoms with E-state index in [0.717, 1.165) is 39.3 Å². The van der Waals surface area contributed by atoms with E-state index in [-0.39, 0.29) is 5.91 Å². The van der Waals surface area contributed by atoms with Crippen molar-refractivity contribution in [1.29, 1.82) is 0 Å². The van der Waals surface area contributed by atoms with E-state index in [1.807, 2.05) is 43.3 Å². The Morgan fingerprint density at radius 2 is 2.09 bits per heavy atom. The van der Waals surface area contributed by atoms with Gasteiger partial charge in [-0.25, -0.2) is 0 Å². The third-order valence-electron chi connectivity index (χ3n) is 4.74. The molecule has 0 aromatic heterocycles. The van der Waals surface area contributed by atoms with Gasteiger partial charge in [0.15, 0.2) is 0 Å². The molecule has 2 heterocycles. The number of hydrogen-bond donors (Lipinski definition) is 0. The number of nitrogens with zero attached hydrogens (tertiary/aromatic N) is 2. The van der Waals surface area contributed by atoms with E-state index in [4.69, 9.17) is 9.47 Å². The van der Waals surface area contributed by atoms with Crippen molar-refractivity contribution >= 4 is 5.91 Å². The van der Waals surface area contributed by atoms with Crippen LogP contribution < -0.4 is 4.74 Å². The van der Waals surface area contributed by atoms with E-state index in [0.29, 0.717) is 29.8 Å². The first-order valence-electron chi connectivity index (χ1n) is 8.38. The number of benzene rings is 1. The van der Waals surface area contributed by atoms with Crippen molar-refractivity contribution in [3.05, 3.63) is 29.8 Å². The van der Waals surface area contributed by atoms with Crippen molar-refractivity contribution in [1.82, 2.24) is 9.80 Å². The lowest BCUT2D eigenvalue weighted by molar-refractivity contribution is 0.0338. The lowest BCUT2D eigenvalue weighted by Crippen LogP contribution is -2.52. The van der Waals surface area contributed by atoms with E-state index in [1.54, 1.807) is 0 Å². The van der Waals surface area contributed by atoms with Crippen LogP contribution in [0.4, 0.5) is 0 Å². The molecule has 2 fully saturated rings. The van der Waals surface area contributed by atoms with Crippen LogP contribution in [0.3, 0.4) is 0 Å². The zero-order chi connectivity index (χ0) is 16.2. The number of likely N-dealkylation sites (tertiary alicyclic amines) is 1. The van der Waals surface area contributed by atoms with Gasteiger partial charge in [-0.3, -0.25) is 4.79 Å². The molecule has 23 heavy (non-hydrogen) atoms. The van der Waals surface area contributed by atoms with Gasteiger partial charge in [0.05, 0.1) is 5.56 Å². The summed E-state index contributed by atoms with van der Waals surface area (Å²) in [6.07, 6.45) is 1.14. The van der Waals surface area contributed by atoms with Gasteiger partial charge in [0.2, 0.25) is 0 Å². The molecule has 0 saturated carbocycles. The predicted molar refractivity (Wildman–Crippen MR) is 88.8 cm³/mol. The zero-order valence-corrected chi connectivity index (χ0v) is 14.0. The van der Waals surface area contributed by atoms with Crippen LogP contribution in [0.2, 0.25) is 0 Å². The van der Waals surface area contributed by atoms with Crippen molar-refractivity contribution in [2.75, 3.05) is 53.6 Å². The van der Waals surface area contributed by atoms with Gasteiger partial charge in [-0.05, 0) is 44.5 Å². The standard InChI is InChI=1S/C18H26N2O3/c1-19(2)8-10-23-17-6-4-3-5-16(17)18(21)20-11-15(12-20)14-7-9-22-13-14/h3-6,14-15H,7-13H2,1-2H3. The molecule has 5 heteroatoms. The fourth-order valence-electron chi connectivity index (χ4n) is 3.18. The minimum Gasteiger partial charge on any atom is -0.491 e. The zero-order valence-electron chi connectivity index (χ0n) is 14.0. The van der Waals surface area contributed by atoms with Crippen molar-refractivity contribution in [3.8, 4) is 5.75 Å². The van der Waals surface area contributed by atoms with Crippen LogP contribution in [0, 0.1) is 11.8 Å². The highest BCUT2D eigenvalue weighted by atomic mass is 16.5.